The van der Waals surface area contributed by atoms with Gasteiger partial charge in [0, 0.05) is 26.8 Å². The number of nitrogens with zero attached hydrogens (tertiary/aromatic N) is 2. The largest absolute Gasteiger partial charge is 0.488 e. The third-order valence-corrected chi connectivity index (χ3v) is 4.66. The van der Waals surface area contributed by atoms with Crippen LogP contribution in [0.15, 0.2) is 42.6 Å². The summed E-state index contributed by atoms with van der Waals surface area (Å²) in [5.41, 5.74) is 1.37. The van der Waals surface area contributed by atoms with Crippen LogP contribution >= 0.6 is 0 Å². The molecule has 2 N–H and O–H groups in total. The number of carbonyl (C=O) groups is 2. The summed E-state index contributed by atoms with van der Waals surface area (Å²) < 4.78 is 5.99. The van der Waals surface area contributed by atoms with Crippen molar-refractivity contribution in [2.75, 3.05) is 24.3 Å². The molecule has 1 heterocycles. The molecule has 0 atom stereocenters. The van der Waals surface area contributed by atoms with E-state index in [9.17, 15) is 9.59 Å². The minimum Gasteiger partial charge on any atom is -0.488 e. The second-order valence-corrected chi connectivity index (χ2v) is 7.07. The van der Waals surface area contributed by atoms with Gasteiger partial charge in [-0.3, -0.25) is 9.59 Å². The number of pyridine rings is 1. The van der Waals surface area contributed by atoms with Gasteiger partial charge in [0.1, 0.15) is 11.6 Å². The van der Waals surface area contributed by atoms with Crippen LogP contribution in [0.5, 0.6) is 5.75 Å². The highest BCUT2D eigenvalue weighted by Gasteiger charge is 2.20. The summed E-state index contributed by atoms with van der Waals surface area (Å²) in [6.45, 7) is 0.246. The van der Waals surface area contributed by atoms with Crippen molar-refractivity contribution in [3.8, 4) is 5.75 Å². The molecular formula is C21H26N4O3. The topological polar surface area (TPSA) is 83.6 Å². The maximum absolute atomic E-state index is 12.3. The van der Waals surface area contributed by atoms with Gasteiger partial charge in [-0.2, -0.15) is 0 Å². The number of para-hydroxylation sites is 2. The van der Waals surface area contributed by atoms with Gasteiger partial charge in [0.05, 0.1) is 11.8 Å². The Labute approximate surface area is 165 Å². The smallest absolute Gasteiger partial charge is 0.313 e. The van der Waals surface area contributed by atoms with E-state index >= 15 is 0 Å². The fourth-order valence-corrected chi connectivity index (χ4v) is 3.12. The van der Waals surface area contributed by atoms with E-state index < -0.39 is 11.8 Å². The Bertz CT molecular complexity index is 832. The molecule has 0 spiro atoms. The van der Waals surface area contributed by atoms with Gasteiger partial charge in [0.15, 0.2) is 0 Å². The van der Waals surface area contributed by atoms with Crippen molar-refractivity contribution in [1.29, 1.82) is 0 Å². The Kier molecular flexibility index (Phi) is 6.47. The first kappa shape index (κ1) is 19.7. The van der Waals surface area contributed by atoms with Gasteiger partial charge in [-0.25, -0.2) is 4.98 Å². The van der Waals surface area contributed by atoms with E-state index in [2.05, 4.69) is 15.6 Å². The zero-order valence-electron chi connectivity index (χ0n) is 16.3. The molecule has 1 saturated carbocycles. The first-order valence-electron chi connectivity index (χ1n) is 9.50. The second kappa shape index (κ2) is 9.21. The van der Waals surface area contributed by atoms with E-state index in [1.165, 1.54) is 0 Å². The normalized spacial score (nSPS) is 13.8. The summed E-state index contributed by atoms with van der Waals surface area (Å²) in [5, 5.41) is 5.29. The van der Waals surface area contributed by atoms with Crippen molar-refractivity contribution < 1.29 is 14.3 Å². The van der Waals surface area contributed by atoms with E-state index in [0.29, 0.717) is 11.4 Å². The van der Waals surface area contributed by atoms with Crippen LogP contribution in [0, 0.1) is 0 Å². The number of rotatable bonds is 6. The van der Waals surface area contributed by atoms with Crippen LogP contribution in [0.3, 0.4) is 0 Å². The van der Waals surface area contributed by atoms with Crippen LogP contribution in [-0.2, 0) is 16.1 Å². The number of aromatic nitrogens is 1. The lowest BCUT2D eigenvalue weighted by molar-refractivity contribution is -0.136. The molecule has 1 fully saturated rings. The van der Waals surface area contributed by atoms with Gasteiger partial charge in [0.25, 0.3) is 0 Å². The van der Waals surface area contributed by atoms with Crippen molar-refractivity contribution in [3.63, 3.8) is 0 Å². The molecule has 0 aliphatic heterocycles. The highest BCUT2D eigenvalue weighted by atomic mass is 16.5. The number of carbonyl (C=O) groups excluding carboxylic acids is 2. The highest BCUT2D eigenvalue weighted by Crippen LogP contribution is 2.29. The van der Waals surface area contributed by atoms with Crippen LogP contribution in [0.25, 0.3) is 0 Å². The van der Waals surface area contributed by atoms with E-state index in [0.717, 1.165) is 37.1 Å². The number of hydrogen-bond acceptors (Lipinski definition) is 5. The van der Waals surface area contributed by atoms with Crippen molar-refractivity contribution in [2.24, 2.45) is 0 Å². The average molecular weight is 382 g/mol. The molecule has 0 radical (unpaired) electrons. The summed E-state index contributed by atoms with van der Waals surface area (Å²) in [7, 11) is 3.78. The molecule has 148 valence electrons. The molecule has 2 amide bonds. The molecule has 7 nitrogen and oxygen atoms in total. The lowest BCUT2D eigenvalue weighted by Crippen LogP contribution is -2.35. The fourth-order valence-electron chi connectivity index (χ4n) is 3.12. The van der Waals surface area contributed by atoms with E-state index in [4.69, 9.17) is 4.74 Å². The minimum atomic E-state index is -0.718. The van der Waals surface area contributed by atoms with Crippen molar-refractivity contribution >= 4 is 23.3 Å². The molecule has 1 aromatic heterocycles. The summed E-state index contributed by atoms with van der Waals surface area (Å²) in [4.78, 5) is 30.6. The highest BCUT2D eigenvalue weighted by molar-refractivity contribution is 6.39. The molecule has 2 aromatic rings. The van der Waals surface area contributed by atoms with Gasteiger partial charge >= 0.3 is 11.8 Å². The number of hydrogen-bond donors (Lipinski definition) is 2. The predicted molar refractivity (Wildman–Crippen MR) is 108 cm³/mol. The lowest BCUT2D eigenvalue weighted by Gasteiger charge is -2.16. The number of anilines is 2. The number of nitrogens with one attached hydrogen (secondary N) is 2. The summed E-state index contributed by atoms with van der Waals surface area (Å²) in [6, 6.07) is 10.9. The van der Waals surface area contributed by atoms with Crippen LogP contribution in [0.4, 0.5) is 11.5 Å². The Balaban J connectivity index is 1.57. The van der Waals surface area contributed by atoms with Crippen LogP contribution in [0.2, 0.25) is 0 Å². The number of amides is 2. The summed E-state index contributed by atoms with van der Waals surface area (Å²) in [6.07, 6.45) is 6.20. The van der Waals surface area contributed by atoms with Crippen molar-refractivity contribution in [1.82, 2.24) is 10.3 Å². The van der Waals surface area contributed by atoms with Gasteiger partial charge in [-0.1, -0.05) is 12.1 Å². The molecule has 28 heavy (non-hydrogen) atoms. The van der Waals surface area contributed by atoms with Crippen molar-refractivity contribution in [3.05, 3.63) is 48.2 Å². The molecule has 1 aromatic carbocycles. The SMILES string of the molecule is CN(C)c1cc(CNC(=O)C(=O)Nc2ccccc2OC2CCCC2)ccn1. The standard InChI is InChI=1S/C21H26N4O3/c1-25(2)19-13-15(11-12-22-19)14-23-20(26)21(27)24-17-9-5-6-10-18(17)28-16-7-3-4-8-16/h5-6,9-13,16H,3-4,7-8,14H2,1-2H3,(H,23,26)(H,24,27). The molecule has 0 bridgehead atoms. The van der Waals surface area contributed by atoms with E-state index in [1.54, 1.807) is 24.4 Å². The Morgan fingerprint density at radius 2 is 1.89 bits per heavy atom. The maximum Gasteiger partial charge on any atom is 0.313 e. The predicted octanol–water partition coefficient (Wildman–Crippen LogP) is 2.72. The fraction of sp³-hybridized carbons (Fsp3) is 0.381. The van der Waals surface area contributed by atoms with Gasteiger partial charge in [0.2, 0.25) is 0 Å². The molecule has 1 aliphatic rings. The number of benzene rings is 1. The summed E-state index contributed by atoms with van der Waals surface area (Å²) in [5.74, 6) is -0.0299. The Morgan fingerprint density at radius 3 is 2.64 bits per heavy atom. The monoisotopic (exact) mass is 382 g/mol. The van der Waals surface area contributed by atoms with Crippen LogP contribution in [-0.4, -0.2) is 37.0 Å². The Morgan fingerprint density at radius 1 is 1.14 bits per heavy atom. The van der Waals surface area contributed by atoms with Gasteiger partial charge in [-0.15, -0.1) is 0 Å². The molecule has 0 saturated heterocycles. The maximum atomic E-state index is 12.3. The van der Waals surface area contributed by atoms with Crippen LogP contribution in [0.1, 0.15) is 31.2 Å². The number of ether oxygens (including phenoxy) is 1. The van der Waals surface area contributed by atoms with E-state index in [1.807, 2.05) is 37.2 Å². The third-order valence-electron chi connectivity index (χ3n) is 4.66. The first-order chi connectivity index (χ1) is 13.5. The molecule has 1 aliphatic carbocycles. The minimum absolute atomic E-state index is 0.171. The molecule has 0 unspecified atom stereocenters. The lowest BCUT2D eigenvalue weighted by atomic mass is 10.2. The first-order valence-corrected chi connectivity index (χ1v) is 9.50. The van der Waals surface area contributed by atoms with Gasteiger partial charge in [-0.05, 0) is 55.5 Å². The second-order valence-electron chi connectivity index (χ2n) is 7.07. The Hall–Kier alpha value is -3.09. The average Bonchev–Trinajstić information content (AvgIpc) is 3.21. The van der Waals surface area contributed by atoms with Gasteiger partial charge < -0.3 is 20.3 Å². The quantitative estimate of drug-likeness (QED) is 0.751. The van der Waals surface area contributed by atoms with E-state index in [-0.39, 0.29) is 12.6 Å². The summed E-state index contributed by atoms with van der Waals surface area (Å²) >= 11 is 0. The van der Waals surface area contributed by atoms with Crippen LogP contribution < -0.4 is 20.3 Å². The third kappa shape index (κ3) is 5.22. The zero-order chi connectivity index (χ0) is 19.9. The molecule has 3 rings (SSSR count). The van der Waals surface area contributed by atoms with Crippen molar-refractivity contribution in [2.45, 2.75) is 38.3 Å². The zero-order valence-corrected chi connectivity index (χ0v) is 16.3. The molecular weight excluding hydrogens is 356 g/mol. The molecule has 7 heteroatoms.